The second-order valence-corrected chi connectivity index (χ2v) is 2.11. The van der Waals surface area contributed by atoms with Gasteiger partial charge in [-0.2, -0.15) is 0 Å². The predicted octanol–water partition coefficient (Wildman–Crippen LogP) is 2.01. The SMILES string of the molecule is O=C(O)C(=CCCF)CC(F)F. The van der Waals surface area contributed by atoms with E-state index in [2.05, 4.69) is 0 Å². The molecule has 0 aromatic rings. The summed E-state index contributed by atoms with van der Waals surface area (Å²) in [4.78, 5) is 10.2. The smallest absolute Gasteiger partial charge is 0.331 e. The van der Waals surface area contributed by atoms with Crippen LogP contribution in [0.3, 0.4) is 0 Å². The molecular formula is C7H9F3O2. The van der Waals surface area contributed by atoms with Gasteiger partial charge in [-0.15, -0.1) is 0 Å². The first-order valence-electron chi connectivity index (χ1n) is 3.34. The fraction of sp³-hybridized carbons (Fsp3) is 0.571. The highest BCUT2D eigenvalue weighted by Gasteiger charge is 2.12. The van der Waals surface area contributed by atoms with E-state index in [0.29, 0.717) is 0 Å². The molecule has 1 N–H and O–H groups in total. The van der Waals surface area contributed by atoms with Crippen LogP contribution in [0.25, 0.3) is 0 Å². The molecule has 2 nitrogen and oxygen atoms in total. The minimum absolute atomic E-state index is 0.131. The molecule has 0 aliphatic rings. The minimum atomic E-state index is -2.70. The van der Waals surface area contributed by atoms with Crippen molar-refractivity contribution in [2.75, 3.05) is 6.67 Å². The van der Waals surface area contributed by atoms with E-state index in [9.17, 15) is 18.0 Å². The maximum atomic E-state index is 11.7. The summed E-state index contributed by atoms with van der Waals surface area (Å²) >= 11 is 0. The van der Waals surface area contributed by atoms with Crippen molar-refractivity contribution < 1.29 is 23.1 Å². The zero-order valence-corrected chi connectivity index (χ0v) is 6.27. The van der Waals surface area contributed by atoms with Crippen molar-refractivity contribution in [2.24, 2.45) is 0 Å². The van der Waals surface area contributed by atoms with Crippen LogP contribution in [0.5, 0.6) is 0 Å². The Hall–Kier alpha value is -1.00. The largest absolute Gasteiger partial charge is 0.478 e. The highest BCUT2D eigenvalue weighted by Crippen LogP contribution is 2.10. The van der Waals surface area contributed by atoms with Crippen LogP contribution in [-0.4, -0.2) is 24.2 Å². The van der Waals surface area contributed by atoms with Crippen molar-refractivity contribution in [1.29, 1.82) is 0 Å². The zero-order valence-electron chi connectivity index (χ0n) is 6.27. The molecule has 0 radical (unpaired) electrons. The lowest BCUT2D eigenvalue weighted by Gasteiger charge is -1.99. The Bertz CT molecular complexity index is 177. The summed E-state index contributed by atoms with van der Waals surface area (Å²) < 4.78 is 34.9. The number of aliphatic carboxylic acids is 1. The third kappa shape index (κ3) is 4.76. The molecule has 70 valence electrons. The first-order chi connectivity index (χ1) is 5.57. The van der Waals surface area contributed by atoms with Crippen LogP contribution in [0.1, 0.15) is 12.8 Å². The van der Waals surface area contributed by atoms with E-state index in [4.69, 9.17) is 5.11 Å². The predicted molar refractivity (Wildman–Crippen MR) is 36.9 cm³/mol. The molecule has 0 aliphatic heterocycles. The number of hydrogen-bond donors (Lipinski definition) is 1. The van der Waals surface area contributed by atoms with Gasteiger partial charge in [0.1, 0.15) is 0 Å². The molecule has 0 fully saturated rings. The summed E-state index contributed by atoms with van der Waals surface area (Å²) in [5.74, 6) is -1.41. The van der Waals surface area contributed by atoms with Gasteiger partial charge in [-0.25, -0.2) is 13.6 Å². The molecule has 0 atom stereocenters. The maximum absolute atomic E-state index is 11.7. The Morgan fingerprint density at radius 1 is 1.50 bits per heavy atom. The van der Waals surface area contributed by atoms with Crippen molar-refractivity contribution in [3.05, 3.63) is 11.6 Å². The standard InChI is InChI=1S/C7H9F3O2/c8-3-1-2-5(7(11)12)4-6(9)10/h2,6H,1,3-4H2,(H,11,12). The first-order valence-corrected chi connectivity index (χ1v) is 3.34. The highest BCUT2D eigenvalue weighted by molar-refractivity contribution is 5.86. The zero-order chi connectivity index (χ0) is 9.56. The molecule has 0 amide bonds. The highest BCUT2D eigenvalue weighted by atomic mass is 19.3. The Morgan fingerprint density at radius 3 is 2.42 bits per heavy atom. The number of hydrogen-bond acceptors (Lipinski definition) is 1. The molecule has 0 bridgehead atoms. The number of alkyl halides is 3. The third-order valence-electron chi connectivity index (χ3n) is 1.15. The van der Waals surface area contributed by atoms with Crippen LogP contribution < -0.4 is 0 Å². The summed E-state index contributed by atoms with van der Waals surface area (Å²) in [6.07, 6.45) is -2.68. The normalized spacial score (nSPS) is 12.2. The summed E-state index contributed by atoms with van der Waals surface area (Å²) in [6.45, 7) is -0.736. The fourth-order valence-electron chi connectivity index (χ4n) is 0.653. The van der Waals surface area contributed by atoms with Crippen LogP contribution in [0.4, 0.5) is 13.2 Å². The van der Waals surface area contributed by atoms with Gasteiger partial charge in [0, 0.05) is 12.0 Å². The lowest BCUT2D eigenvalue weighted by Crippen LogP contribution is -2.05. The molecule has 0 aromatic carbocycles. The summed E-state index contributed by atoms with van der Waals surface area (Å²) in [7, 11) is 0. The lowest BCUT2D eigenvalue weighted by atomic mass is 10.1. The van der Waals surface area contributed by atoms with Crippen molar-refractivity contribution in [3.8, 4) is 0 Å². The van der Waals surface area contributed by atoms with E-state index in [-0.39, 0.29) is 6.42 Å². The van der Waals surface area contributed by atoms with E-state index in [1.54, 1.807) is 0 Å². The molecule has 0 heterocycles. The molecule has 12 heavy (non-hydrogen) atoms. The Kier molecular flexibility index (Phi) is 5.16. The van der Waals surface area contributed by atoms with Crippen LogP contribution in [0.15, 0.2) is 11.6 Å². The van der Waals surface area contributed by atoms with Gasteiger partial charge < -0.3 is 5.11 Å². The number of allylic oxidation sites excluding steroid dienone is 1. The van der Waals surface area contributed by atoms with E-state index in [1.165, 1.54) is 0 Å². The molecule has 0 saturated carbocycles. The van der Waals surface area contributed by atoms with Gasteiger partial charge in [0.25, 0.3) is 0 Å². The average molecular weight is 182 g/mol. The number of halogens is 3. The monoisotopic (exact) mass is 182 g/mol. The van der Waals surface area contributed by atoms with Gasteiger partial charge in [-0.3, -0.25) is 4.39 Å². The van der Waals surface area contributed by atoms with Gasteiger partial charge in [0.05, 0.1) is 6.67 Å². The quantitative estimate of drug-likeness (QED) is 0.660. The second-order valence-electron chi connectivity index (χ2n) is 2.11. The summed E-state index contributed by atoms with van der Waals surface area (Å²) in [5.41, 5.74) is -0.428. The molecule has 0 aliphatic carbocycles. The molecule has 0 rings (SSSR count). The molecular weight excluding hydrogens is 173 g/mol. The van der Waals surface area contributed by atoms with Gasteiger partial charge in [0.15, 0.2) is 0 Å². The molecule has 0 aromatic heterocycles. The van der Waals surface area contributed by atoms with Crippen molar-refractivity contribution in [3.63, 3.8) is 0 Å². The van der Waals surface area contributed by atoms with Gasteiger partial charge in [0.2, 0.25) is 6.43 Å². The maximum Gasteiger partial charge on any atom is 0.331 e. The van der Waals surface area contributed by atoms with E-state index < -0.39 is 31.1 Å². The first kappa shape index (κ1) is 11.0. The van der Waals surface area contributed by atoms with Gasteiger partial charge in [-0.05, 0) is 6.42 Å². The molecule has 5 heteroatoms. The van der Waals surface area contributed by atoms with E-state index >= 15 is 0 Å². The second kappa shape index (κ2) is 5.62. The minimum Gasteiger partial charge on any atom is -0.478 e. The Morgan fingerprint density at radius 2 is 2.08 bits per heavy atom. The molecule has 0 unspecified atom stereocenters. The number of carboxylic acid groups (broad SMARTS) is 1. The number of carbonyl (C=O) groups is 1. The summed E-state index contributed by atoms with van der Waals surface area (Å²) in [5, 5.41) is 8.32. The lowest BCUT2D eigenvalue weighted by molar-refractivity contribution is -0.133. The topological polar surface area (TPSA) is 37.3 Å². The Labute approximate surface area is 67.7 Å². The van der Waals surface area contributed by atoms with Gasteiger partial charge in [-0.1, -0.05) is 6.08 Å². The fourth-order valence-corrected chi connectivity index (χ4v) is 0.653. The summed E-state index contributed by atoms with van der Waals surface area (Å²) in [6, 6.07) is 0. The average Bonchev–Trinajstić information content (AvgIpc) is 1.96. The molecule has 0 spiro atoms. The third-order valence-corrected chi connectivity index (χ3v) is 1.15. The van der Waals surface area contributed by atoms with Gasteiger partial charge >= 0.3 is 5.97 Å². The van der Waals surface area contributed by atoms with E-state index in [1.807, 2.05) is 0 Å². The van der Waals surface area contributed by atoms with Crippen LogP contribution in [0, 0.1) is 0 Å². The van der Waals surface area contributed by atoms with Crippen molar-refractivity contribution in [2.45, 2.75) is 19.3 Å². The van der Waals surface area contributed by atoms with E-state index in [0.717, 1.165) is 6.08 Å². The van der Waals surface area contributed by atoms with Crippen LogP contribution in [0.2, 0.25) is 0 Å². The van der Waals surface area contributed by atoms with Crippen molar-refractivity contribution >= 4 is 5.97 Å². The van der Waals surface area contributed by atoms with Crippen LogP contribution in [-0.2, 0) is 4.79 Å². The molecule has 0 saturated heterocycles. The Balaban J connectivity index is 4.13. The van der Waals surface area contributed by atoms with Crippen molar-refractivity contribution in [1.82, 2.24) is 0 Å². The van der Waals surface area contributed by atoms with Crippen LogP contribution >= 0.6 is 0 Å². The number of rotatable bonds is 5. The number of carboxylic acids is 1.